The second kappa shape index (κ2) is 9.93. The summed E-state index contributed by atoms with van der Waals surface area (Å²) in [5.41, 5.74) is 5.40. The first-order valence-electron chi connectivity index (χ1n) is 11.1. The highest BCUT2D eigenvalue weighted by Crippen LogP contribution is 2.30. The van der Waals surface area contributed by atoms with E-state index in [9.17, 15) is 4.79 Å². The molecule has 0 saturated heterocycles. The van der Waals surface area contributed by atoms with Crippen molar-refractivity contribution in [1.82, 2.24) is 24.5 Å². The van der Waals surface area contributed by atoms with Gasteiger partial charge in [-0.3, -0.25) is 9.48 Å². The van der Waals surface area contributed by atoms with Crippen LogP contribution in [0.1, 0.15) is 16.8 Å². The molecule has 0 atom stereocenters. The molecule has 0 bridgehead atoms. The van der Waals surface area contributed by atoms with Crippen LogP contribution >= 0.6 is 34.8 Å². The molecular formula is C26H21Cl3N6O. The molecule has 5 rings (SSSR count). The molecule has 0 aliphatic carbocycles. The van der Waals surface area contributed by atoms with E-state index < -0.39 is 0 Å². The minimum atomic E-state index is -0.329. The molecule has 7 nitrogen and oxygen atoms in total. The second-order valence-electron chi connectivity index (χ2n) is 8.44. The fourth-order valence-electron chi connectivity index (χ4n) is 4.08. The Labute approximate surface area is 222 Å². The van der Waals surface area contributed by atoms with E-state index in [1.807, 2.05) is 13.0 Å². The highest BCUT2D eigenvalue weighted by atomic mass is 35.5. The van der Waals surface area contributed by atoms with Crippen molar-refractivity contribution in [2.75, 3.05) is 5.32 Å². The number of carbonyl (C=O) groups excluding carboxylic acids is 1. The number of nitrogens with one attached hydrogen (secondary N) is 1. The number of aryl methyl sites for hydroxylation is 2. The number of carbonyl (C=O) groups is 1. The monoisotopic (exact) mass is 538 g/mol. The van der Waals surface area contributed by atoms with E-state index in [0.717, 1.165) is 22.2 Å². The smallest absolute Gasteiger partial charge is 0.247 e. The van der Waals surface area contributed by atoms with Gasteiger partial charge in [-0.25, -0.2) is 9.67 Å². The number of nitrogens with zero attached hydrogens (tertiary/aromatic N) is 5. The number of hydrogen-bond donors (Lipinski definition) is 1. The van der Waals surface area contributed by atoms with E-state index in [1.165, 1.54) is 5.56 Å². The predicted molar refractivity (Wildman–Crippen MR) is 144 cm³/mol. The third-order valence-corrected chi connectivity index (χ3v) is 6.81. The Hall–Kier alpha value is -3.39. The van der Waals surface area contributed by atoms with Gasteiger partial charge in [0.15, 0.2) is 11.5 Å². The molecule has 36 heavy (non-hydrogen) atoms. The zero-order valence-corrected chi connectivity index (χ0v) is 21.7. The van der Waals surface area contributed by atoms with E-state index >= 15 is 0 Å². The van der Waals surface area contributed by atoms with Crippen LogP contribution in [0.3, 0.4) is 0 Å². The number of amides is 1. The van der Waals surface area contributed by atoms with Crippen LogP contribution in [0.15, 0.2) is 60.9 Å². The summed E-state index contributed by atoms with van der Waals surface area (Å²) in [6.45, 7) is 4.22. The summed E-state index contributed by atoms with van der Waals surface area (Å²) in [5, 5.41) is 14.0. The Morgan fingerprint density at radius 1 is 0.944 bits per heavy atom. The van der Waals surface area contributed by atoms with Crippen LogP contribution in [0.5, 0.6) is 0 Å². The van der Waals surface area contributed by atoms with Gasteiger partial charge in [0.05, 0.1) is 12.2 Å². The van der Waals surface area contributed by atoms with Crippen molar-refractivity contribution in [2.45, 2.75) is 26.9 Å². The van der Waals surface area contributed by atoms with Gasteiger partial charge in [-0.1, -0.05) is 70.7 Å². The van der Waals surface area contributed by atoms with Crippen molar-refractivity contribution in [1.29, 1.82) is 0 Å². The van der Waals surface area contributed by atoms with Gasteiger partial charge in [0, 0.05) is 33.4 Å². The Balaban J connectivity index is 1.36. The fraction of sp³-hybridized carbons (Fsp3) is 0.154. The summed E-state index contributed by atoms with van der Waals surface area (Å²) in [7, 11) is 0. The molecule has 182 valence electrons. The molecular weight excluding hydrogens is 519 g/mol. The second-order valence-corrected chi connectivity index (χ2v) is 9.66. The number of hydrogen-bond acceptors (Lipinski definition) is 4. The summed E-state index contributed by atoms with van der Waals surface area (Å²) in [5.74, 6) is -0.0869. The van der Waals surface area contributed by atoms with Crippen molar-refractivity contribution in [2.24, 2.45) is 0 Å². The van der Waals surface area contributed by atoms with Crippen LogP contribution in [-0.2, 0) is 17.9 Å². The number of halogens is 3. The number of fused-ring (bicyclic) bond motifs is 1. The molecule has 3 heterocycles. The largest absolute Gasteiger partial charge is 0.306 e. The van der Waals surface area contributed by atoms with Gasteiger partial charge in [0.25, 0.3) is 0 Å². The Morgan fingerprint density at radius 2 is 1.67 bits per heavy atom. The highest BCUT2D eigenvalue weighted by Gasteiger charge is 2.18. The number of aromatic nitrogens is 5. The lowest BCUT2D eigenvalue weighted by molar-refractivity contribution is -0.116. The van der Waals surface area contributed by atoms with Crippen LogP contribution in [0.4, 0.5) is 5.82 Å². The number of anilines is 1. The first-order chi connectivity index (χ1) is 17.3. The van der Waals surface area contributed by atoms with Crippen LogP contribution in [0.25, 0.3) is 22.2 Å². The standard InChI is InChI=1S/C26H21Cl3N6O/c1-15-6-8-17(9-7-15)18-10-11-30-26-24(18)16(2)32-35(26)14-23(36)31-25-22(29)13-34(33-25)12-19-20(27)4-3-5-21(19)28/h3-11,13H,12,14H2,1-2H3,(H,31,33,36). The maximum Gasteiger partial charge on any atom is 0.247 e. The van der Waals surface area contributed by atoms with E-state index in [0.29, 0.717) is 32.8 Å². The third-order valence-electron chi connectivity index (χ3n) is 5.82. The molecule has 0 fully saturated rings. The van der Waals surface area contributed by atoms with Gasteiger partial charge in [-0.15, -0.1) is 0 Å². The van der Waals surface area contributed by atoms with Gasteiger partial charge in [-0.2, -0.15) is 10.2 Å². The average molecular weight is 540 g/mol. The minimum absolute atomic E-state index is 0.0474. The lowest BCUT2D eigenvalue weighted by atomic mass is 10.0. The molecule has 5 aromatic rings. The SMILES string of the molecule is Cc1ccc(-c2ccnc3c2c(C)nn3CC(=O)Nc2nn(Cc3c(Cl)cccc3Cl)cc2Cl)cc1. The summed E-state index contributed by atoms with van der Waals surface area (Å²) in [6.07, 6.45) is 3.34. The van der Waals surface area contributed by atoms with E-state index in [-0.39, 0.29) is 18.3 Å². The van der Waals surface area contributed by atoms with E-state index in [4.69, 9.17) is 34.8 Å². The first-order valence-corrected chi connectivity index (χ1v) is 12.3. The molecule has 1 N–H and O–H groups in total. The predicted octanol–water partition coefficient (Wildman–Crippen LogP) is 6.56. The molecule has 0 unspecified atom stereocenters. The van der Waals surface area contributed by atoms with Crippen LogP contribution in [0.2, 0.25) is 15.1 Å². The normalized spacial score (nSPS) is 11.2. The van der Waals surface area contributed by atoms with Crippen LogP contribution in [-0.4, -0.2) is 30.5 Å². The Bertz CT molecular complexity index is 1570. The Kier molecular flexibility index (Phi) is 6.71. The zero-order valence-electron chi connectivity index (χ0n) is 19.5. The topological polar surface area (TPSA) is 77.6 Å². The zero-order chi connectivity index (χ0) is 25.4. The van der Waals surface area contributed by atoms with Crippen molar-refractivity contribution >= 4 is 57.6 Å². The lowest BCUT2D eigenvalue weighted by Gasteiger charge is -2.07. The minimum Gasteiger partial charge on any atom is -0.306 e. The molecule has 0 saturated carbocycles. The highest BCUT2D eigenvalue weighted by molar-refractivity contribution is 6.36. The van der Waals surface area contributed by atoms with Crippen molar-refractivity contribution in [3.8, 4) is 11.1 Å². The number of rotatable bonds is 6. The molecule has 0 radical (unpaired) electrons. The van der Waals surface area contributed by atoms with Gasteiger partial charge in [-0.05, 0) is 43.2 Å². The third kappa shape index (κ3) is 4.82. The average Bonchev–Trinajstić information content (AvgIpc) is 3.35. The molecule has 0 aliphatic rings. The van der Waals surface area contributed by atoms with E-state index in [1.54, 1.807) is 40.0 Å². The van der Waals surface area contributed by atoms with Gasteiger partial charge >= 0.3 is 0 Å². The van der Waals surface area contributed by atoms with Gasteiger partial charge in [0.2, 0.25) is 5.91 Å². The molecule has 10 heteroatoms. The molecule has 0 aliphatic heterocycles. The first kappa shape index (κ1) is 24.3. The number of benzene rings is 2. The van der Waals surface area contributed by atoms with Crippen molar-refractivity contribution in [3.63, 3.8) is 0 Å². The van der Waals surface area contributed by atoms with Crippen molar-refractivity contribution < 1.29 is 4.79 Å². The quantitative estimate of drug-likeness (QED) is 0.265. The molecule has 1 amide bonds. The fourth-order valence-corrected chi connectivity index (χ4v) is 4.80. The van der Waals surface area contributed by atoms with Crippen LogP contribution in [0, 0.1) is 13.8 Å². The number of pyridine rings is 1. The summed E-state index contributed by atoms with van der Waals surface area (Å²) in [4.78, 5) is 17.4. The molecule has 0 spiro atoms. The maximum absolute atomic E-state index is 12.9. The van der Waals surface area contributed by atoms with Crippen LogP contribution < -0.4 is 5.32 Å². The van der Waals surface area contributed by atoms with Gasteiger partial charge in [0.1, 0.15) is 11.6 Å². The molecule has 2 aromatic carbocycles. The van der Waals surface area contributed by atoms with Crippen molar-refractivity contribution in [3.05, 3.63) is 92.8 Å². The molecule has 3 aromatic heterocycles. The summed E-state index contributed by atoms with van der Waals surface area (Å²) in [6, 6.07) is 15.5. The lowest BCUT2D eigenvalue weighted by Crippen LogP contribution is -2.20. The Morgan fingerprint density at radius 3 is 2.39 bits per heavy atom. The maximum atomic E-state index is 12.9. The van der Waals surface area contributed by atoms with E-state index in [2.05, 4.69) is 51.7 Å². The summed E-state index contributed by atoms with van der Waals surface area (Å²) < 4.78 is 3.17. The summed E-state index contributed by atoms with van der Waals surface area (Å²) >= 11 is 18.9. The van der Waals surface area contributed by atoms with Gasteiger partial charge < -0.3 is 5.32 Å².